The lowest BCUT2D eigenvalue weighted by atomic mass is 9.90. The van der Waals surface area contributed by atoms with Crippen LogP contribution >= 0.6 is 0 Å². The first kappa shape index (κ1) is 18.0. The largest absolute Gasteiger partial charge is 0.0763 e. The molecule has 0 heterocycles. The number of rotatable bonds is 0. The molecule has 2 aliphatic rings. The quantitative estimate of drug-likeness (QED) is 0.257. The van der Waals surface area contributed by atoms with Crippen LogP contribution in [-0.2, 0) is 12.8 Å². The summed E-state index contributed by atoms with van der Waals surface area (Å²) in [7, 11) is 0. The van der Waals surface area contributed by atoms with Crippen LogP contribution in [-0.4, -0.2) is 0 Å². The fraction of sp³-hybridized carbons (Fsp3) is 0.125. The third-order valence-electron chi connectivity index (χ3n) is 7.35. The predicted octanol–water partition coefficient (Wildman–Crippen LogP) is 6.88. The van der Waals surface area contributed by atoms with Crippen LogP contribution < -0.4 is 10.4 Å². The summed E-state index contributed by atoms with van der Waals surface area (Å²) in [6.07, 6.45) is 9.48. The Bertz CT molecular complexity index is 1600. The third kappa shape index (κ3) is 2.63. The van der Waals surface area contributed by atoms with E-state index in [0.29, 0.717) is 0 Å². The molecule has 0 atom stereocenters. The highest BCUT2D eigenvalue weighted by Gasteiger charge is 2.11. The van der Waals surface area contributed by atoms with Crippen molar-refractivity contribution in [2.24, 2.45) is 0 Å². The number of hydrogen-bond donors (Lipinski definition) is 0. The van der Waals surface area contributed by atoms with Crippen molar-refractivity contribution in [2.75, 3.05) is 0 Å². The van der Waals surface area contributed by atoms with Crippen molar-refractivity contribution in [2.45, 2.75) is 25.7 Å². The molecule has 6 aromatic rings. The molecule has 0 radical (unpaired) electrons. The van der Waals surface area contributed by atoms with Crippen LogP contribution in [0.5, 0.6) is 0 Å². The Morgan fingerprint density at radius 2 is 0.781 bits per heavy atom. The summed E-state index contributed by atoms with van der Waals surface area (Å²) in [4.78, 5) is 0. The van der Waals surface area contributed by atoms with Gasteiger partial charge in [-0.2, -0.15) is 0 Å². The smallest absolute Gasteiger partial charge is 0.00302 e. The zero-order valence-electron chi connectivity index (χ0n) is 18.1. The maximum absolute atomic E-state index is 2.37. The normalized spacial score (nSPS) is 14.2. The van der Waals surface area contributed by atoms with Gasteiger partial charge in [-0.1, -0.05) is 97.1 Å². The molecule has 0 nitrogen and oxygen atoms in total. The lowest BCUT2D eigenvalue weighted by Crippen LogP contribution is -2.09. The number of benzene rings is 6. The standard InChI is InChI=1S/2C16H12/c2*1-3-11-7-9-13-5-2-6-14-10-8-12(4-1)15(11)16(13)14/h2*1,3-5,7-10H,2,6H2. The first-order valence-electron chi connectivity index (χ1n) is 11.7. The van der Waals surface area contributed by atoms with Crippen molar-refractivity contribution in [3.63, 3.8) is 0 Å². The van der Waals surface area contributed by atoms with E-state index in [4.69, 9.17) is 0 Å². The Labute approximate surface area is 187 Å². The van der Waals surface area contributed by atoms with Gasteiger partial charge >= 0.3 is 0 Å². The molecule has 6 aromatic carbocycles. The van der Waals surface area contributed by atoms with Crippen LogP contribution in [0.15, 0.2) is 84.9 Å². The van der Waals surface area contributed by atoms with Gasteiger partial charge in [0.15, 0.2) is 0 Å². The van der Waals surface area contributed by atoms with Crippen LogP contribution in [0.4, 0.5) is 0 Å². The molecule has 8 rings (SSSR count). The molecule has 0 unspecified atom stereocenters. The van der Waals surface area contributed by atoms with Crippen molar-refractivity contribution in [1.29, 1.82) is 0 Å². The molecule has 32 heavy (non-hydrogen) atoms. The van der Waals surface area contributed by atoms with Gasteiger partial charge in [-0.05, 0) is 90.3 Å². The van der Waals surface area contributed by atoms with Gasteiger partial charge in [-0.15, -0.1) is 0 Å². The van der Waals surface area contributed by atoms with E-state index in [1.54, 1.807) is 0 Å². The lowest BCUT2D eigenvalue weighted by molar-refractivity contribution is 1.04. The molecule has 0 fully saturated rings. The van der Waals surface area contributed by atoms with Gasteiger partial charge in [0.05, 0.1) is 0 Å². The van der Waals surface area contributed by atoms with E-state index >= 15 is 0 Å². The number of hydrogen-bond acceptors (Lipinski definition) is 0. The van der Waals surface area contributed by atoms with Crippen LogP contribution in [0.25, 0.3) is 55.2 Å². The molecule has 2 aliphatic carbocycles. The molecule has 0 saturated heterocycles. The Morgan fingerprint density at radius 3 is 1.22 bits per heavy atom. The van der Waals surface area contributed by atoms with E-state index in [2.05, 4.69) is 97.1 Å². The van der Waals surface area contributed by atoms with Crippen molar-refractivity contribution in [3.05, 3.63) is 106 Å². The molecular weight excluding hydrogens is 384 g/mol. The minimum Gasteiger partial charge on any atom is -0.0763 e. The summed E-state index contributed by atoms with van der Waals surface area (Å²) in [6.45, 7) is 0. The molecule has 0 amide bonds. The van der Waals surface area contributed by atoms with E-state index in [1.807, 2.05) is 0 Å². The van der Waals surface area contributed by atoms with Crippen LogP contribution in [0, 0.1) is 0 Å². The molecule has 0 bridgehead atoms. The second-order valence-corrected chi connectivity index (χ2v) is 9.15. The Kier molecular flexibility index (Phi) is 3.90. The second-order valence-electron chi connectivity index (χ2n) is 9.15. The second kappa shape index (κ2) is 6.93. The molecule has 152 valence electrons. The number of aryl methyl sites for hydroxylation is 2. The molecule has 0 spiro atoms. The fourth-order valence-electron chi connectivity index (χ4n) is 5.89. The van der Waals surface area contributed by atoms with Crippen molar-refractivity contribution in [3.8, 4) is 0 Å². The minimum atomic E-state index is 1.18. The molecule has 0 aromatic heterocycles. The monoisotopic (exact) mass is 408 g/mol. The van der Waals surface area contributed by atoms with Crippen LogP contribution in [0.3, 0.4) is 0 Å². The summed E-state index contributed by atoms with van der Waals surface area (Å²) in [6, 6.07) is 31.3. The van der Waals surface area contributed by atoms with Crippen molar-refractivity contribution in [1.82, 2.24) is 0 Å². The molecule has 0 aliphatic heterocycles. The summed E-state index contributed by atoms with van der Waals surface area (Å²) in [5, 5.41) is 14.2. The Hall–Kier alpha value is -3.64. The van der Waals surface area contributed by atoms with Gasteiger partial charge in [-0.25, -0.2) is 0 Å². The Morgan fingerprint density at radius 1 is 0.375 bits per heavy atom. The van der Waals surface area contributed by atoms with E-state index in [0.717, 1.165) is 0 Å². The van der Waals surface area contributed by atoms with E-state index in [-0.39, 0.29) is 0 Å². The summed E-state index contributed by atoms with van der Waals surface area (Å²) < 4.78 is 0. The first-order chi connectivity index (χ1) is 15.9. The van der Waals surface area contributed by atoms with Gasteiger partial charge in [-0.3, -0.25) is 0 Å². The highest BCUT2D eigenvalue weighted by Crippen LogP contribution is 2.30. The highest BCUT2D eigenvalue weighted by molar-refractivity contribution is 6.12. The summed E-state index contributed by atoms with van der Waals surface area (Å²) >= 11 is 0. The highest BCUT2D eigenvalue weighted by atomic mass is 14.1. The van der Waals surface area contributed by atoms with Crippen molar-refractivity contribution < 1.29 is 0 Å². The van der Waals surface area contributed by atoms with E-state index in [1.165, 1.54) is 90.3 Å². The zero-order valence-corrected chi connectivity index (χ0v) is 18.1. The average molecular weight is 409 g/mol. The average Bonchev–Trinajstić information content (AvgIpc) is 2.87. The van der Waals surface area contributed by atoms with Crippen LogP contribution in [0.1, 0.15) is 24.0 Å². The van der Waals surface area contributed by atoms with Crippen LogP contribution in [0.2, 0.25) is 0 Å². The molecule has 0 N–H and O–H groups in total. The maximum atomic E-state index is 2.37. The van der Waals surface area contributed by atoms with E-state index in [9.17, 15) is 0 Å². The molecule has 0 heteroatoms. The van der Waals surface area contributed by atoms with Crippen molar-refractivity contribution >= 4 is 55.2 Å². The fourth-order valence-corrected chi connectivity index (χ4v) is 5.89. The maximum Gasteiger partial charge on any atom is -0.00302 e. The van der Waals surface area contributed by atoms with Gasteiger partial charge in [0.1, 0.15) is 0 Å². The lowest BCUT2D eigenvalue weighted by Gasteiger charge is -2.14. The minimum absolute atomic E-state index is 1.18. The van der Waals surface area contributed by atoms with Gasteiger partial charge in [0, 0.05) is 0 Å². The van der Waals surface area contributed by atoms with Gasteiger partial charge < -0.3 is 0 Å². The SMILES string of the molecule is C1=c2ccc3cccc4ccc(c2c43)CC1.C1=c2ccc3cccc4ccc(c2c43)CC1. The van der Waals surface area contributed by atoms with E-state index < -0.39 is 0 Å². The van der Waals surface area contributed by atoms with Gasteiger partial charge in [0.2, 0.25) is 0 Å². The third-order valence-corrected chi connectivity index (χ3v) is 7.35. The first-order valence-corrected chi connectivity index (χ1v) is 11.7. The Balaban J connectivity index is 0.000000113. The topological polar surface area (TPSA) is 0 Å². The summed E-state index contributed by atoms with van der Waals surface area (Å²) in [5.74, 6) is 0. The summed E-state index contributed by atoms with van der Waals surface area (Å²) in [5.41, 5.74) is 3.03. The van der Waals surface area contributed by atoms with Gasteiger partial charge in [0.25, 0.3) is 0 Å². The zero-order chi connectivity index (χ0) is 21.1. The predicted molar refractivity (Wildman–Crippen MR) is 139 cm³/mol. The molecule has 0 saturated carbocycles. The molecular formula is C32H24.